The van der Waals surface area contributed by atoms with Gasteiger partial charge in [-0.05, 0) is 32.0 Å². The van der Waals surface area contributed by atoms with E-state index in [0.29, 0.717) is 40.9 Å². The molecular weight excluding hydrogens is 386 g/mol. The number of ether oxygens (including phenoxy) is 4. The van der Waals surface area contributed by atoms with Gasteiger partial charge in [0.2, 0.25) is 6.79 Å². The summed E-state index contributed by atoms with van der Waals surface area (Å²) in [4.78, 5) is 14.9. The number of fused-ring (bicyclic) bond motifs is 1. The molecule has 1 atom stereocenters. The largest absolute Gasteiger partial charge is 0.454 e. The monoisotopic (exact) mass is 407 g/mol. The third-order valence-corrected chi connectivity index (χ3v) is 4.91. The van der Waals surface area contributed by atoms with Gasteiger partial charge in [-0.25, -0.2) is 0 Å². The molecule has 2 aliphatic heterocycles. The molecule has 150 valence electrons. The van der Waals surface area contributed by atoms with Crippen molar-refractivity contribution < 1.29 is 23.7 Å². The van der Waals surface area contributed by atoms with Crippen LogP contribution in [-0.4, -0.2) is 52.4 Å². The molecular formula is C19H22ClN3O5. The SMILES string of the molecule is Cn1cc(Cl)c(CN(C[C@@H]2COC(C)(C)O2)C(=O)c2ccc3c(c2)OCO3)n1. The minimum Gasteiger partial charge on any atom is -0.454 e. The zero-order valence-electron chi connectivity index (χ0n) is 16.0. The number of hydrogen-bond acceptors (Lipinski definition) is 6. The number of aryl methyl sites for hydroxylation is 1. The van der Waals surface area contributed by atoms with E-state index in [-0.39, 0.29) is 25.3 Å². The minimum atomic E-state index is -0.666. The van der Waals surface area contributed by atoms with Crippen LogP contribution in [0.4, 0.5) is 0 Å². The Morgan fingerprint density at radius 3 is 2.82 bits per heavy atom. The molecule has 0 saturated carbocycles. The van der Waals surface area contributed by atoms with E-state index in [9.17, 15) is 4.79 Å². The number of amides is 1. The zero-order chi connectivity index (χ0) is 19.9. The van der Waals surface area contributed by atoms with Crippen molar-refractivity contribution in [3.63, 3.8) is 0 Å². The van der Waals surface area contributed by atoms with E-state index < -0.39 is 5.79 Å². The van der Waals surface area contributed by atoms with Gasteiger partial charge >= 0.3 is 0 Å². The third-order valence-electron chi connectivity index (χ3n) is 4.59. The second kappa shape index (κ2) is 7.27. The average Bonchev–Trinajstić information content (AvgIpc) is 3.32. The molecule has 0 radical (unpaired) electrons. The number of carbonyl (C=O) groups excluding carboxylic acids is 1. The standard InChI is InChI=1S/C19H22ClN3O5/c1-19(2)27-10-13(28-19)7-23(9-15-14(20)8-22(3)21-15)18(24)12-4-5-16-17(6-12)26-11-25-16/h4-6,8,13H,7,9-11H2,1-3H3/t13-/m1/s1. The van der Waals surface area contributed by atoms with Crippen LogP contribution in [0.25, 0.3) is 0 Å². The van der Waals surface area contributed by atoms with E-state index >= 15 is 0 Å². The average molecular weight is 408 g/mol. The van der Waals surface area contributed by atoms with E-state index in [2.05, 4.69) is 5.10 Å². The van der Waals surface area contributed by atoms with Crippen LogP contribution in [0.2, 0.25) is 5.02 Å². The lowest BCUT2D eigenvalue weighted by Gasteiger charge is -2.25. The van der Waals surface area contributed by atoms with Crippen molar-refractivity contribution in [2.45, 2.75) is 32.3 Å². The molecule has 0 N–H and O–H groups in total. The summed E-state index contributed by atoms with van der Waals surface area (Å²) in [5.41, 5.74) is 1.12. The van der Waals surface area contributed by atoms with Crippen LogP contribution in [0.15, 0.2) is 24.4 Å². The van der Waals surface area contributed by atoms with Gasteiger partial charge in [-0.2, -0.15) is 5.10 Å². The molecule has 1 saturated heterocycles. The Morgan fingerprint density at radius 1 is 1.36 bits per heavy atom. The second-order valence-corrected chi connectivity index (χ2v) is 7.71. The first-order chi connectivity index (χ1) is 13.3. The molecule has 28 heavy (non-hydrogen) atoms. The Kier molecular flexibility index (Phi) is 4.95. The fraction of sp³-hybridized carbons (Fsp3) is 0.474. The van der Waals surface area contributed by atoms with Gasteiger partial charge in [0, 0.05) is 18.8 Å². The second-order valence-electron chi connectivity index (χ2n) is 7.30. The summed E-state index contributed by atoms with van der Waals surface area (Å²) in [7, 11) is 1.79. The molecule has 3 heterocycles. The summed E-state index contributed by atoms with van der Waals surface area (Å²) < 4.78 is 23.9. The van der Waals surface area contributed by atoms with Crippen molar-refractivity contribution in [3.05, 3.63) is 40.7 Å². The van der Waals surface area contributed by atoms with Crippen molar-refractivity contribution in [1.29, 1.82) is 0 Å². The van der Waals surface area contributed by atoms with E-state index in [4.69, 9.17) is 30.5 Å². The highest BCUT2D eigenvalue weighted by atomic mass is 35.5. The summed E-state index contributed by atoms with van der Waals surface area (Å²) in [6, 6.07) is 5.15. The lowest BCUT2D eigenvalue weighted by Crippen LogP contribution is -2.38. The van der Waals surface area contributed by atoms with Crippen LogP contribution in [-0.2, 0) is 23.1 Å². The Balaban J connectivity index is 1.58. The van der Waals surface area contributed by atoms with Crippen LogP contribution in [0.1, 0.15) is 29.9 Å². The minimum absolute atomic E-state index is 0.155. The lowest BCUT2D eigenvalue weighted by molar-refractivity contribution is -0.139. The van der Waals surface area contributed by atoms with Crippen LogP contribution >= 0.6 is 11.6 Å². The molecule has 0 spiro atoms. The summed E-state index contributed by atoms with van der Waals surface area (Å²) in [6.07, 6.45) is 1.47. The number of hydrogen-bond donors (Lipinski definition) is 0. The van der Waals surface area contributed by atoms with Crippen LogP contribution in [0.5, 0.6) is 11.5 Å². The third kappa shape index (κ3) is 3.94. The van der Waals surface area contributed by atoms with Gasteiger partial charge in [-0.3, -0.25) is 9.48 Å². The van der Waals surface area contributed by atoms with Crippen molar-refractivity contribution in [2.75, 3.05) is 19.9 Å². The van der Waals surface area contributed by atoms with Crippen LogP contribution < -0.4 is 9.47 Å². The van der Waals surface area contributed by atoms with Crippen molar-refractivity contribution in [1.82, 2.24) is 14.7 Å². The number of nitrogens with zero attached hydrogens (tertiary/aromatic N) is 3. The smallest absolute Gasteiger partial charge is 0.254 e. The van der Waals surface area contributed by atoms with Gasteiger partial charge in [0.1, 0.15) is 11.8 Å². The van der Waals surface area contributed by atoms with Gasteiger partial charge in [0.15, 0.2) is 17.3 Å². The van der Waals surface area contributed by atoms with Crippen LogP contribution in [0.3, 0.4) is 0 Å². The quantitative estimate of drug-likeness (QED) is 0.758. The number of halogens is 1. The molecule has 2 aliphatic rings. The molecule has 2 aromatic rings. The molecule has 1 aromatic carbocycles. The molecule has 0 bridgehead atoms. The molecule has 1 aromatic heterocycles. The van der Waals surface area contributed by atoms with E-state index in [1.807, 2.05) is 13.8 Å². The highest BCUT2D eigenvalue weighted by molar-refractivity contribution is 6.31. The molecule has 1 fully saturated rings. The fourth-order valence-corrected chi connectivity index (χ4v) is 3.56. The normalized spacial score (nSPS) is 19.8. The number of aromatic nitrogens is 2. The molecule has 0 aliphatic carbocycles. The number of benzene rings is 1. The maximum absolute atomic E-state index is 13.3. The molecule has 9 heteroatoms. The summed E-state index contributed by atoms with van der Waals surface area (Å²) in [5, 5.41) is 4.87. The molecule has 4 rings (SSSR count). The van der Waals surface area contributed by atoms with E-state index in [1.165, 1.54) is 0 Å². The molecule has 1 amide bonds. The van der Waals surface area contributed by atoms with E-state index in [1.54, 1.807) is 41.0 Å². The Bertz CT molecular complexity index is 898. The van der Waals surface area contributed by atoms with Crippen molar-refractivity contribution in [3.8, 4) is 11.5 Å². The first-order valence-corrected chi connectivity index (χ1v) is 9.37. The predicted octanol–water partition coefficient (Wildman–Crippen LogP) is 2.60. The van der Waals surface area contributed by atoms with Gasteiger partial charge in [0.25, 0.3) is 5.91 Å². The lowest BCUT2D eigenvalue weighted by atomic mass is 10.1. The van der Waals surface area contributed by atoms with Gasteiger partial charge < -0.3 is 23.8 Å². The van der Waals surface area contributed by atoms with Gasteiger partial charge in [0.05, 0.1) is 24.7 Å². The highest BCUT2D eigenvalue weighted by Crippen LogP contribution is 2.33. The maximum atomic E-state index is 13.3. The number of carbonyl (C=O) groups is 1. The first kappa shape index (κ1) is 19.0. The fourth-order valence-electron chi connectivity index (χ4n) is 3.32. The van der Waals surface area contributed by atoms with Crippen LogP contribution in [0, 0.1) is 0 Å². The first-order valence-electron chi connectivity index (χ1n) is 8.99. The Labute approximate surface area is 167 Å². The molecule has 8 nitrogen and oxygen atoms in total. The highest BCUT2D eigenvalue weighted by Gasteiger charge is 2.35. The summed E-state index contributed by atoms with van der Waals surface area (Å²) in [5.74, 6) is 0.350. The zero-order valence-corrected chi connectivity index (χ0v) is 16.7. The summed E-state index contributed by atoms with van der Waals surface area (Å²) in [6.45, 7) is 4.88. The van der Waals surface area contributed by atoms with Crippen molar-refractivity contribution in [2.24, 2.45) is 7.05 Å². The topological polar surface area (TPSA) is 75.1 Å². The van der Waals surface area contributed by atoms with Gasteiger partial charge in [-0.1, -0.05) is 11.6 Å². The summed E-state index contributed by atoms with van der Waals surface area (Å²) >= 11 is 6.26. The van der Waals surface area contributed by atoms with E-state index in [0.717, 1.165) is 0 Å². The Morgan fingerprint density at radius 2 is 2.14 bits per heavy atom. The predicted molar refractivity (Wildman–Crippen MR) is 100 cm³/mol. The Hall–Kier alpha value is -2.29. The van der Waals surface area contributed by atoms with Gasteiger partial charge in [-0.15, -0.1) is 0 Å². The van der Waals surface area contributed by atoms with Crippen molar-refractivity contribution >= 4 is 17.5 Å². The number of rotatable bonds is 5. The maximum Gasteiger partial charge on any atom is 0.254 e. The molecule has 0 unspecified atom stereocenters.